The highest BCUT2D eigenvalue weighted by Crippen LogP contribution is 2.30. The fraction of sp³-hybridized carbons (Fsp3) is 0.174. The van der Waals surface area contributed by atoms with Crippen LogP contribution in [0.4, 0.5) is 11.4 Å². The molecule has 0 heterocycles. The Bertz CT molecular complexity index is 1330. The molecule has 1 amide bonds. The van der Waals surface area contributed by atoms with Crippen LogP contribution in [0.5, 0.6) is 11.5 Å². The van der Waals surface area contributed by atoms with Crippen LogP contribution in [0.25, 0.3) is 0 Å². The van der Waals surface area contributed by atoms with Gasteiger partial charge in [-0.1, -0.05) is 18.2 Å². The van der Waals surface area contributed by atoms with Gasteiger partial charge in [0.1, 0.15) is 11.5 Å². The number of amides is 1. The summed E-state index contributed by atoms with van der Waals surface area (Å²) in [6.07, 6.45) is 0. The molecule has 3 rings (SSSR count). The summed E-state index contributed by atoms with van der Waals surface area (Å²) >= 11 is 0. The van der Waals surface area contributed by atoms with Crippen molar-refractivity contribution >= 4 is 27.3 Å². The molecule has 0 fully saturated rings. The van der Waals surface area contributed by atoms with Gasteiger partial charge in [0, 0.05) is 23.8 Å². The Balaban J connectivity index is 1.86. The molecule has 2 N–H and O–H groups in total. The highest BCUT2D eigenvalue weighted by Gasteiger charge is 2.22. The van der Waals surface area contributed by atoms with E-state index in [1.165, 1.54) is 44.6 Å². The van der Waals surface area contributed by atoms with E-state index in [0.717, 1.165) is 6.07 Å². The van der Waals surface area contributed by atoms with Crippen LogP contribution in [0.3, 0.4) is 0 Å². The van der Waals surface area contributed by atoms with Crippen molar-refractivity contribution in [3.63, 3.8) is 0 Å². The average Bonchev–Trinajstić information content (AvgIpc) is 2.83. The molecule has 0 saturated heterocycles. The second-order valence-electron chi connectivity index (χ2n) is 7.21. The van der Waals surface area contributed by atoms with Crippen LogP contribution >= 0.6 is 0 Å². The van der Waals surface area contributed by atoms with E-state index in [4.69, 9.17) is 9.47 Å². The number of hydrogen-bond acceptors (Lipinski definition) is 7. The third-order valence-corrected chi connectivity index (χ3v) is 6.37. The molecule has 34 heavy (non-hydrogen) atoms. The zero-order valence-electron chi connectivity index (χ0n) is 18.6. The highest BCUT2D eigenvalue weighted by molar-refractivity contribution is 7.92. The molecule has 178 valence electrons. The van der Waals surface area contributed by atoms with E-state index in [9.17, 15) is 23.3 Å². The standard InChI is InChI=1S/C23H23N3O7S/c1-15(19-12-11-17(32-2)14-22(19)33-3)24-23(27)20-9-4-5-10-21(20)25-34(30,31)18-8-6-7-16(13-18)26(28)29/h4-15,25H,1-3H3,(H,24,27). The number of non-ortho nitro benzene ring substituents is 1. The van der Waals surface area contributed by atoms with Crippen molar-refractivity contribution in [2.75, 3.05) is 18.9 Å². The van der Waals surface area contributed by atoms with Gasteiger partial charge in [-0.2, -0.15) is 0 Å². The minimum atomic E-state index is -4.19. The number of ether oxygens (including phenoxy) is 2. The van der Waals surface area contributed by atoms with Crippen LogP contribution in [0.15, 0.2) is 71.6 Å². The van der Waals surface area contributed by atoms with Gasteiger partial charge < -0.3 is 14.8 Å². The number of nitro benzene ring substituents is 1. The predicted molar refractivity (Wildman–Crippen MR) is 126 cm³/mol. The number of sulfonamides is 1. The van der Waals surface area contributed by atoms with Crippen LogP contribution in [0.2, 0.25) is 0 Å². The van der Waals surface area contributed by atoms with Crippen molar-refractivity contribution in [1.82, 2.24) is 5.32 Å². The molecule has 0 aliphatic carbocycles. The summed E-state index contributed by atoms with van der Waals surface area (Å²) in [5.41, 5.74) is 0.443. The van der Waals surface area contributed by atoms with Gasteiger partial charge in [-0.05, 0) is 37.3 Å². The zero-order valence-corrected chi connectivity index (χ0v) is 19.5. The molecule has 1 atom stereocenters. The molecule has 0 spiro atoms. The lowest BCUT2D eigenvalue weighted by Gasteiger charge is -2.19. The first-order valence-electron chi connectivity index (χ1n) is 10.1. The number of nitrogens with zero attached hydrogens (tertiary/aromatic N) is 1. The van der Waals surface area contributed by atoms with Gasteiger partial charge >= 0.3 is 0 Å². The average molecular weight is 486 g/mol. The maximum absolute atomic E-state index is 13.0. The van der Waals surface area contributed by atoms with Crippen molar-refractivity contribution in [3.05, 3.63) is 88.0 Å². The topological polar surface area (TPSA) is 137 Å². The van der Waals surface area contributed by atoms with Crippen LogP contribution in [-0.2, 0) is 10.0 Å². The van der Waals surface area contributed by atoms with E-state index in [0.29, 0.717) is 17.1 Å². The molecule has 0 aromatic heterocycles. The first kappa shape index (κ1) is 24.5. The van der Waals surface area contributed by atoms with E-state index in [-0.39, 0.29) is 21.8 Å². The van der Waals surface area contributed by atoms with Crippen LogP contribution in [-0.4, -0.2) is 33.5 Å². The summed E-state index contributed by atoms with van der Waals surface area (Å²) in [7, 11) is -1.15. The predicted octanol–water partition coefficient (Wildman–Crippen LogP) is 3.90. The summed E-state index contributed by atoms with van der Waals surface area (Å²) in [6.45, 7) is 1.76. The summed E-state index contributed by atoms with van der Waals surface area (Å²) in [6, 6.07) is 15.4. The van der Waals surface area contributed by atoms with Gasteiger partial charge in [0.05, 0.1) is 41.3 Å². The molecular formula is C23H23N3O7S. The fourth-order valence-electron chi connectivity index (χ4n) is 3.27. The number of carbonyl (C=O) groups excluding carboxylic acids is 1. The number of anilines is 1. The lowest BCUT2D eigenvalue weighted by atomic mass is 10.1. The van der Waals surface area contributed by atoms with E-state index in [1.807, 2.05) is 0 Å². The summed E-state index contributed by atoms with van der Waals surface area (Å²) < 4.78 is 38.6. The van der Waals surface area contributed by atoms with Crippen LogP contribution in [0.1, 0.15) is 28.9 Å². The molecule has 0 bridgehead atoms. The minimum Gasteiger partial charge on any atom is -0.497 e. The minimum absolute atomic E-state index is 0.0282. The number of methoxy groups -OCH3 is 2. The normalized spacial score (nSPS) is 11.9. The number of benzene rings is 3. The molecule has 11 heteroatoms. The Kier molecular flexibility index (Phi) is 7.37. The summed E-state index contributed by atoms with van der Waals surface area (Å²) in [5.74, 6) is 0.592. The smallest absolute Gasteiger partial charge is 0.270 e. The lowest BCUT2D eigenvalue weighted by Crippen LogP contribution is -2.28. The third-order valence-electron chi connectivity index (χ3n) is 5.01. The molecule has 0 aliphatic heterocycles. The quantitative estimate of drug-likeness (QED) is 0.346. The number of nitro groups is 1. The van der Waals surface area contributed by atoms with Crippen molar-refractivity contribution in [2.24, 2.45) is 0 Å². The largest absolute Gasteiger partial charge is 0.497 e. The van der Waals surface area contributed by atoms with E-state index >= 15 is 0 Å². The first-order chi connectivity index (χ1) is 16.2. The van der Waals surface area contributed by atoms with Crippen LogP contribution in [0, 0.1) is 10.1 Å². The molecule has 3 aromatic carbocycles. The zero-order chi connectivity index (χ0) is 24.9. The van der Waals surface area contributed by atoms with E-state index in [2.05, 4.69) is 10.0 Å². The molecule has 1 unspecified atom stereocenters. The molecule has 3 aromatic rings. The maximum Gasteiger partial charge on any atom is 0.270 e. The molecule has 0 saturated carbocycles. The Morgan fingerprint density at radius 1 is 1.00 bits per heavy atom. The second-order valence-corrected chi connectivity index (χ2v) is 8.89. The summed E-state index contributed by atoms with van der Waals surface area (Å²) in [5, 5.41) is 13.8. The van der Waals surface area contributed by atoms with Gasteiger partial charge in [-0.15, -0.1) is 0 Å². The third kappa shape index (κ3) is 5.44. The SMILES string of the molecule is COc1ccc(C(C)NC(=O)c2ccccc2NS(=O)(=O)c2cccc([N+](=O)[O-])c2)c(OC)c1. The van der Waals surface area contributed by atoms with Gasteiger partial charge in [0.25, 0.3) is 21.6 Å². The van der Waals surface area contributed by atoms with Crippen LogP contribution < -0.4 is 19.5 Å². The van der Waals surface area contributed by atoms with Gasteiger partial charge in [0.15, 0.2) is 0 Å². The lowest BCUT2D eigenvalue weighted by molar-refractivity contribution is -0.385. The highest BCUT2D eigenvalue weighted by atomic mass is 32.2. The molecule has 0 aliphatic rings. The van der Waals surface area contributed by atoms with Crippen molar-refractivity contribution in [1.29, 1.82) is 0 Å². The van der Waals surface area contributed by atoms with E-state index < -0.39 is 26.9 Å². The Morgan fingerprint density at radius 2 is 1.74 bits per heavy atom. The van der Waals surface area contributed by atoms with Gasteiger partial charge in [0.2, 0.25) is 0 Å². The van der Waals surface area contributed by atoms with Crippen molar-refractivity contribution < 1.29 is 27.6 Å². The summed E-state index contributed by atoms with van der Waals surface area (Å²) in [4.78, 5) is 23.1. The number of para-hydroxylation sites is 1. The number of nitrogens with one attached hydrogen (secondary N) is 2. The number of rotatable bonds is 9. The number of hydrogen-bond donors (Lipinski definition) is 2. The number of carbonyl (C=O) groups is 1. The first-order valence-corrected chi connectivity index (χ1v) is 11.5. The second kappa shape index (κ2) is 10.2. The Hall–Kier alpha value is -4.12. The van der Waals surface area contributed by atoms with E-state index in [1.54, 1.807) is 37.3 Å². The van der Waals surface area contributed by atoms with Gasteiger partial charge in [-0.3, -0.25) is 19.6 Å². The molecule has 10 nitrogen and oxygen atoms in total. The Labute approximate surface area is 196 Å². The van der Waals surface area contributed by atoms with Gasteiger partial charge in [-0.25, -0.2) is 8.42 Å². The fourth-order valence-corrected chi connectivity index (χ4v) is 4.39. The molecule has 0 radical (unpaired) electrons. The monoisotopic (exact) mass is 485 g/mol. The maximum atomic E-state index is 13.0. The van der Waals surface area contributed by atoms with Crippen molar-refractivity contribution in [2.45, 2.75) is 17.9 Å². The van der Waals surface area contributed by atoms with Crippen molar-refractivity contribution in [3.8, 4) is 11.5 Å². The Morgan fingerprint density at radius 3 is 2.41 bits per heavy atom. The molecular weight excluding hydrogens is 462 g/mol.